The quantitative estimate of drug-likeness (QED) is 0.0269. The molecule has 0 bridgehead atoms. The number of esters is 3. The first-order valence-corrected chi connectivity index (χ1v) is 28.6. The molecule has 3 saturated carbocycles. The summed E-state index contributed by atoms with van der Waals surface area (Å²) >= 11 is 0. The number of fused-ring (bicyclic) bond motifs is 3. The second-order valence-corrected chi connectivity index (χ2v) is 21.9. The molecule has 9 atom stereocenters. The Morgan fingerprint density at radius 3 is 1.20 bits per heavy atom. The Hall–Kier alpha value is -1.71. The Morgan fingerprint density at radius 1 is 0.409 bits per heavy atom. The maximum Gasteiger partial charge on any atom is 0.309 e. The Morgan fingerprint density at radius 2 is 0.788 bits per heavy atom. The van der Waals surface area contributed by atoms with E-state index in [1.807, 2.05) is 0 Å². The van der Waals surface area contributed by atoms with Gasteiger partial charge in [-0.2, -0.15) is 0 Å². The molecule has 6 rings (SSSR count). The van der Waals surface area contributed by atoms with Crippen molar-refractivity contribution in [3.63, 3.8) is 0 Å². The predicted molar refractivity (Wildman–Crippen MR) is 266 cm³/mol. The summed E-state index contributed by atoms with van der Waals surface area (Å²) in [5, 5.41) is 0. The molecule has 0 aromatic rings. The molecule has 0 aromatic heterocycles. The molecule has 3 aliphatic carbocycles. The molecule has 384 valence electrons. The highest BCUT2D eigenvalue weighted by Gasteiger charge is 2.57. The molecule has 0 amide bonds. The molecule has 0 N–H and O–H groups in total. The average Bonchev–Trinajstić information content (AvgIpc) is 4.27. The molecule has 3 aliphatic heterocycles. The van der Waals surface area contributed by atoms with Crippen LogP contribution in [0.25, 0.3) is 0 Å². The van der Waals surface area contributed by atoms with Crippen molar-refractivity contribution in [2.75, 3.05) is 19.8 Å². The predicted octanol–water partition coefficient (Wildman–Crippen LogP) is 15.1. The summed E-state index contributed by atoms with van der Waals surface area (Å²) in [6.45, 7) is 12.9. The summed E-state index contributed by atoms with van der Waals surface area (Å²) in [6.07, 6.45) is 46.5. The van der Waals surface area contributed by atoms with Gasteiger partial charge in [-0.15, -0.1) is 0 Å². The minimum atomic E-state index is -0.0142. The maximum absolute atomic E-state index is 12.1. The highest BCUT2D eigenvalue weighted by Crippen LogP contribution is 2.50. The van der Waals surface area contributed by atoms with Crippen LogP contribution in [0.4, 0.5) is 0 Å². The van der Waals surface area contributed by atoms with Crippen LogP contribution in [0.15, 0.2) is 0 Å². The molecular weight excluding hydrogens is 829 g/mol. The second kappa shape index (κ2) is 33.0. The van der Waals surface area contributed by atoms with E-state index in [9.17, 15) is 14.4 Å². The first-order valence-electron chi connectivity index (χ1n) is 28.6. The third-order valence-electron chi connectivity index (χ3n) is 15.7. The van der Waals surface area contributed by atoms with Crippen LogP contribution in [0.5, 0.6) is 0 Å². The summed E-state index contributed by atoms with van der Waals surface area (Å²) < 4.78 is 33.1. The monoisotopic (exact) mass is 931 g/mol. The molecule has 0 spiro atoms. The van der Waals surface area contributed by atoms with E-state index >= 15 is 0 Å². The third-order valence-corrected chi connectivity index (χ3v) is 15.7. The van der Waals surface area contributed by atoms with E-state index < -0.39 is 0 Å². The zero-order chi connectivity index (χ0) is 47.3. The van der Waals surface area contributed by atoms with Crippen molar-refractivity contribution in [1.29, 1.82) is 0 Å². The number of epoxide rings is 3. The van der Waals surface area contributed by atoms with Crippen LogP contribution >= 0.6 is 0 Å². The summed E-state index contributed by atoms with van der Waals surface area (Å²) in [5.74, 6) is 0.295. The van der Waals surface area contributed by atoms with Crippen LogP contribution in [0.1, 0.15) is 272 Å². The lowest BCUT2D eigenvalue weighted by atomic mass is 9.82. The van der Waals surface area contributed by atoms with Crippen LogP contribution in [0.2, 0.25) is 0 Å². The van der Waals surface area contributed by atoms with E-state index in [0.29, 0.717) is 44.2 Å². The number of unbranched alkanes of at least 4 members (excludes halogenated alkanes) is 25. The summed E-state index contributed by atoms with van der Waals surface area (Å²) in [6, 6.07) is 0. The van der Waals surface area contributed by atoms with Crippen molar-refractivity contribution >= 4 is 17.9 Å². The molecule has 9 unspecified atom stereocenters. The molecule has 6 fully saturated rings. The standard InChI is InChI=1S/C21H38O3.C19H34O3.C17H30O3/c1-2-3-4-5-6-7-8-9-10-11-12-13-16-23-21(22)18-14-15-19-20(17-18)24-19;1-3-4-5-6-7-8-9-10-11-14-21-18(20)16-12-13-17-19(2,15-16)22-17;1-3-4-5-6-7-8-9-12-19-16(18)14-10-11-17(2)15(13-14)20-17/h18-20H,2-17H2,1H3;16-17H,3-15H2,1-2H3;14-15H,3-13H2,1-2H3. The first-order chi connectivity index (χ1) is 32.1. The van der Waals surface area contributed by atoms with Gasteiger partial charge in [-0.05, 0) is 90.9 Å². The molecule has 3 saturated heterocycles. The van der Waals surface area contributed by atoms with E-state index in [4.69, 9.17) is 28.4 Å². The molecule has 3 heterocycles. The van der Waals surface area contributed by atoms with Gasteiger partial charge in [0, 0.05) is 0 Å². The van der Waals surface area contributed by atoms with Crippen LogP contribution in [-0.2, 0) is 42.8 Å². The second-order valence-electron chi connectivity index (χ2n) is 21.9. The fourth-order valence-corrected chi connectivity index (χ4v) is 10.7. The molecule has 66 heavy (non-hydrogen) atoms. The normalized spacial score (nSPS) is 28.8. The van der Waals surface area contributed by atoms with E-state index in [1.54, 1.807) is 0 Å². The van der Waals surface area contributed by atoms with Gasteiger partial charge in [0.25, 0.3) is 0 Å². The van der Waals surface area contributed by atoms with E-state index in [1.165, 1.54) is 161 Å². The van der Waals surface area contributed by atoms with Crippen molar-refractivity contribution in [2.45, 2.75) is 308 Å². The molecule has 9 heteroatoms. The van der Waals surface area contributed by atoms with Gasteiger partial charge in [0.1, 0.15) is 0 Å². The number of carbonyl (C=O) groups is 3. The maximum atomic E-state index is 12.1. The highest BCUT2D eigenvalue weighted by atomic mass is 16.6. The van der Waals surface area contributed by atoms with Gasteiger partial charge in [0.05, 0.1) is 73.2 Å². The molecule has 9 nitrogen and oxygen atoms in total. The Labute approximate surface area is 404 Å². The van der Waals surface area contributed by atoms with Gasteiger partial charge in [-0.25, -0.2) is 0 Å². The fraction of sp³-hybridized carbons (Fsp3) is 0.947. The zero-order valence-corrected chi connectivity index (χ0v) is 43.5. The molecule has 0 radical (unpaired) electrons. The fourth-order valence-electron chi connectivity index (χ4n) is 10.7. The Kier molecular flexibility index (Phi) is 28.4. The van der Waals surface area contributed by atoms with Crippen molar-refractivity contribution in [2.24, 2.45) is 17.8 Å². The van der Waals surface area contributed by atoms with Gasteiger partial charge in [-0.1, -0.05) is 181 Å². The topological polar surface area (TPSA) is 116 Å². The van der Waals surface area contributed by atoms with Crippen molar-refractivity contribution < 1.29 is 42.8 Å². The molecule has 6 aliphatic rings. The number of hydrogen-bond acceptors (Lipinski definition) is 9. The van der Waals surface area contributed by atoms with Gasteiger partial charge < -0.3 is 28.4 Å². The number of hydrogen-bond donors (Lipinski definition) is 0. The first kappa shape index (κ1) is 56.9. The summed E-state index contributed by atoms with van der Waals surface area (Å²) in [7, 11) is 0. The molecule has 0 aromatic carbocycles. The Balaban J connectivity index is 0.000000217. The lowest BCUT2D eigenvalue weighted by molar-refractivity contribution is -0.150. The summed E-state index contributed by atoms with van der Waals surface area (Å²) in [5.41, 5.74) is 0.0784. The highest BCUT2D eigenvalue weighted by molar-refractivity contribution is 5.73. The van der Waals surface area contributed by atoms with Gasteiger partial charge in [0.15, 0.2) is 0 Å². The van der Waals surface area contributed by atoms with Crippen molar-refractivity contribution in [1.82, 2.24) is 0 Å². The van der Waals surface area contributed by atoms with Crippen molar-refractivity contribution in [3.8, 4) is 0 Å². The van der Waals surface area contributed by atoms with Crippen LogP contribution in [0, 0.1) is 17.8 Å². The van der Waals surface area contributed by atoms with Gasteiger partial charge in [-0.3, -0.25) is 14.4 Å². The number of rotatable bonds is 34. The van der Waals surface area contributed by atoms with Crippen molar-refractivity contribution in [3.05, 3.63) is 0 Å². The third kappa shape index (κ3) is 23.3. The van der Waals surface area contributed by atoms with Gasteiger partial charge >= 0.3 is 17.9 Å². The smallest absolute Gasteiger partial charge is 0.309 e. The minimum Gasteiger partial charge on any atom is -0.465 e. The van der Waals surface area contributed by atoms with E-state index in [2.05, 4.69) is 34.6 Å². The van der Waals surface area contributed by atoms with E-state index in [0.717, 1.165) is 77.0 Å². The van der Waals surface area contributed by atoms with Crippen LogP contribution in [-0.4, -0.2) is 73.3 Å². The number of carbonyl (C=O) groups excluding carboxylic acids is 3. The van der Waals surface area contributed by atoms with Gasteiger partial charge in [0.2, 0.25) is 0 Å². The lowest BCUT2D eigenvalue weighted by Gasteiger charge is -2.21. The average molecular weight is 931 g/mol. The van der Waals surface area contributed by atoms with E-state index in [-0.39, 0.29) is 46.9 Å². The van der Waals surface area contributed by atoms with Crippen LogP contribution < -0.4 is 0 Å². The SMILES string of the molecule is CCCCCCCCCCCCCCOC(=O)C1CCC2OC2C1.CCCCCCCCCCCOC(=O)C1CCC2OC2(C)C1.CCCCCCCCCOC(=O)C1CCC2(C)OC2C1. The largest absolute Gasteiger partial charge is 0.465 e. The number of ether oxygens (including phenoxy) is 6. The summed E-state index contributed by atoms with van der Waals surface area (Å²) in [4.78, 5) is 36.0. The minimum absolute atomic E-state index is 0.00790. The molecular formula is C57H102O9. The Bertz CT molecular complexity index is 1310. The van der Waals surface area contributed by atoms with Crippen LogP contribution in [0.3, 0.4) is 0 Å². The lowest BCUT2D eigenvalue weighted by Crippen LogP contribution is -2.29. The zero-order valence-electron chi connectivity index (χ0n) is 43.5.